The number of hydrogen-bond acceptors (Lipinski definition) is 4. The quantitative estimate of drug-likeness (QED) is 0.824. The van der Waals surface area contributed by atoms with E-state index in [0.717, 1.165) is 17.7 Å². The van der Waals surface area contributed by atoms with Crippen LogP contribution in [0.1, 0.15) is 35.7 Å². The minimum Gasteiger partial charge on any atom is -0.449 e. The Morgan fingerprint density at radius 1 is 1.07 bits per heavy atom. The van der Waals surface area contributed by atoms with Crippen molar-refractivity contribution in [1.82, 2.24) is 0 Å². The van der Waals surface area contributed by atoms with E-state index in [9.17, 15) is 14.4 Å². The number of aryl methyl sites for hydroxylation is 1. The summed E-state index contributed by atoms with van der Waals surface area (Å²) in [7, 11) is 0. The van der Waals surface area contributed by atoms with Gasteiger partial charge in [0.25, 0.3) is 5.91 Å². The van der Waals surface area contributed by atoms with E-state index in [-0.39, 0.29) is 5.91 Å². The Morgan fingerprint density at radius 3 is 2.33 bits per heavy atom. The molecule has 2 aromatic carbocycles. The molecule has 1 heterocycles. The van der Waals surface area contributed by atoms with Crippen LogP contribution in [-0.2, 0) is 14.3 Å². The van der Waals surface area contributed by atoms with E-state index in [2.05, 4.69) is 5.32 Å². The predicted octanol–water partition coefficient (Wildman–Crippen LogP) is 3.31. The van der Waals surface area contributed by atoms with Crippen LogP contribution in [-0.4, -0.2) is 30.4 Å². The summed E-state index contributed by atoms with van der Waals surface area (Å²) in [6.07, 6.45) is 0.465. The molecule has 6 nitrogen and oxygen atoms in total. The van der Waals surface area contributed by atoms with Crippen LogP contribution < -0.4 is 10.2 Å². The zero-order valence-corrected chi connectivity index (χ0v) is 15.4. The van der Waals surface area contributed by atoms with E-state index < -0.39 is 18.0 Å². The number of nitrogens with one attached hydrogen (secondary N) is 1. The summed E-state index contributed by atoms with van der Waals surface area (Å²) in [5, 5.41) is 2.72. The Kier molecular flexibility index (Phi) is 5.54. The first-order valence-electron chi connectivity index (χ1n) is 8.93. The van der Waals surface area contributed by atoms with Gasteiger partial charge in [-0.2, -0.15) is 0 Å². The Bertz CT molecular complexity index is 843. The second-order valence-corrected chi connectivity index (χ2v) is 6.60. The van der Waals surface area contributed by atoms with Gasteiger partial charge < -0.3 is 15.0 Å². The molecule has 1 aliphatic heterocycles. The van der Waals surface area contributed by atoms with Gasteiger partial charge in [0.05, 0.1) is 5.56 Å². The Hall–Kier alpha value is -3.15. The van der Waals surface area contributed by atoms with E-state index in [1.807, 2.05) is 19.1 Å². The lowest BCUT2D eigenvalue weighted by Crippen LogP contribution is -2.30. The molecule has 1 saturated heterocycles. The molecule has 0 saturated carbocycles. The minimum absolute atomic E-state index is 0.0896. The zero-order valence-electron chi connectivity index (χ0n) is 15.4. The molecule has 3 rings (SSSR count). The lowest BCUT2D eigenvalue weighted by molar-refractivity contribution is -0.123. The molecule has 0 spiro atoms. The fraction of sp³-hybridized carbons (Fsp3) is 0.286. The highest BCUT2D eigenvalue weighted by atomic mass is 16.5. The van der Waals surface area contributed by atoms with Gasteiger partial charge in [-0.3, -0.25) is 9.59 Å². The number of benzene rings is 2. The molecule has 1 unspecified atom stereocenters. The van der Waals surface area contributed by atoms with Gasteiger partial charge in [0, 0.05) is 24.3 Å². The van der Waals surface area contributed by atoms with Crippen molar-refractivity contribution in [3.8, 4) is 0 Å². The molecule has 1 N–H and O–H groups in total. The fourth-order valence-corrected chi connectivity index (χ4v) is 2.86. The number of rotatable bonds is 5. The number of esters is 1. The summed E-state index contributed by atoms with van der Waals surface area (Å²) in [5.74, 6) is -0.890. The highest BCUT2D eigenvalue weighted by molar-refractivity contribution is 5.98. The number of ether oxygens (including phenoxy) is 1. The number of carbonyl (C=O) groups is 3. The molecule has 27 heavy (non-hydrogen) atoms. The molecule has 0 aromatic heterocycles. The molecule has 1 fully saturated rings. The molecule has 0 aliphatic carbocycles. The van der Waals surface area contributed by atoms with Crippen molar-refractivity contribution in [2.24, 2.45) is 0 Å². The number of carbonyl (C=O) groups excluding carboxylic acids is 3. The van der Waals surface area contributed by atoms with Gasteiger partial charge in [-0.05, 0) is 56.7 Å². The molecule has 1 aliphatic rings. The lowest BCUT2D eigenvalue weighted by Gasteiger charge is -2.16. The van der Waals surface area contributed by atoms with Crippen LogP contribution in [0.2, 0.25) is 0 Å². The van der Waals surface area contributed by atoms with Crippen LogP contribution in [0.3, 0.4) is 0 Å². The molecular formula is C21H22N2O4. The Labute approximate surface area is 158 Å². The standard InChI is InChI=1S/C21H22N2O4/c1-14-5-9-17(10-6-14)22-20(25)15(2)27-21(26)16-7-11-18(12-8-16)23-13-3-4-19(23)24/h5-12,15H,3-4,13H2,1-2H3,(H,22,25). The van der Waals surface area contributed by atoms with Gasteiger partial charge in [-0.1, -0.05) is 17.7 Å². The first kappa shape index (κ1) is 18.6. The molecule has 1 atom stereocenters. The summed E-state index contributed by atoms with van der Waals surface area (Å²) in [6, 6.07) is 14.0. The molecule has 2 amide bonds. The summed E-state index contributed by atoms with van der Waals surface area (Å²) in [6.45, 7) is 4.18. The van der Waals surface area contributed by atoms with Crippen molar-refractivity contribution in [1.29, 1.82) is 0 Å². The van der Waals surface area contributed by atoms with E-state index in [4.69, 9.17) is 4.74 Å². The molecule has 140 valence electrons. The van der Waals surface area contributed by atoms with Gasteiger partial charge in [0.15, 0.2) is 6.10 Å². The third-order valence-corrected chi connectivity index (χ3v) is 4.46. The maximum absolute atomic E-state index is 12.3. The molecule has 0 radical (unpaired) electrons. The second-order valence-electron chi connectivity index (χ2n) is 6.60. The van der Waals surface area contributed by atoms with E-state index in [0.29, 0.717) is 24.2 Å². The number of anilines is 2. The topological polar surface area (TPSA) is 75.7 Å². The average Bonchev–Trinajstić information content (AvgIpc) is 3.09. The third kappa shape index (κ3) is 4.53. The highest BCUT2D eigenvalue weighted by Gasteiger charge is 2.23. The smallest absolute Gasteiger partial charge is 0.338 e. The van der Waals surface area contributed by atoms with E-state index in [1.54, 1.807) is 41.3 Å². The van der Waals surface area contributed by atoms with Crippen LogP contribution in [0.5, 0.6) is 0 Å². The van der Waals surface area contributed by atoms with Crippen molar-refractivity contribution < 1.29 is 19.1 Å². The van der Waals surface area contributed by atoms with Crippen LogP contribution in [0.4, 0.5) is 11.4 Å². The van der Waals surface area contributed by atoms with E-state index in [1.165, 1.54) is 6.92 Å². The highest BCUT2D eigenvalue weighted by Crippen LogP contribution is 2.22. The summed E-state index contributed by atoms with van der Waals surface area (Å²) in [4.78, 5) is 37.9. The van der Waals surface area contributed by atoms with Crippen molar-refractivity contribution in [2.45, 2.75) is 32.8 Å². The lowest BCUT2D eigenvalue weighted by atomic mass is 10.2. The monoisotopic (exact) mass is 366 g/mol. The molecule has 2 aromatic rings. The van der Waals surface area contributed by atoms with Gasteiger partial charge in [0.2, 0.25) is 5.91 Å². The molecular weight excluding hydrogens is 344 g/mol. The second kappa shape index (κ2) is 8.03. The normalized spacial score (nSPS) is 14.7. The molecule has 6 heteroatoms. The number of hydrogen-bond donors (Lipinski definition) is 1. The summed E-state index contributed by atoms with van der Waals surface area (Å²) in [5.41, 5.74) is 2.83. The summed E-state index contributed by atoms with van der Waals surface area (Å²) < 4.78 is 5.25. The summed E-state index contributed by atoms with van der Waals surface area (Å²) >= 11 is 0. The van der Waals surface area contributed by atoms with E-state index >= 15 is 0 Å². The van der Waals surface area contributed by atoms with Crippen LogP contribution in [0.25, 0.3) is 0 Å². The van der Waals surface area contributed by atoms with Crippen molar-refractivity contribution >= 4 is 29.2 Å². The third-order valence-electron chi connectivity index (χ3n) is 4.46. The zero-order chi connectivity index (χ0) is 19.4. The van der Waals surface area contributed by atoms with Crippen LogP contribution in [0.15, 0.2) is 48.5 Å². The van der Waals surface area contributed by atoms with Gasteiger partial charge in [-0.25, -0.2) is 4.79 Å². The van der Waals surface area contributed by atoms with Crippen LogP contribution >= 0.6 is 0 Å². The minimum atomic E-state index is -0.932. The van der Waals surface area contributed by atoms with Gasteiger partial charge >= 0.3 is 5.97 Å². The number of amides is 2. The van der Waals surface area contributed by atoms with Crippen LogP contribution in [0, 0.1) is 6.92 Å². The van der Waals surface area contributed by atoms with Gasteiger partial charge in [0.1, 0.15) is 0 Å². The fourth-order valence-electron chi connectivity index (χ4n) is 2.86. The predicted molar refractivity (Wildman–Crippen MR) is 103 cm³/mol. The Morgan fingerprint density at radius 2 is 1.74 bits per heavy atom. The van der Waals surface area contributed by atoms with Crippen molar-refractivity contribution in [2.75, 3.05) is 16.8 Å². The van der Waals surface area contributed by atoms with Crippen molar-refractivity contribution in [3.05, 3.63) is 59.7 Å². The Balaban J connectivity index is 1.58. The SMILES string of the molecule is Cc1ccc(NC(=O)C(C)OC(=O)c2ccc(N3CCCC3=O)cc2)cc1. The largest absolute Gasteiger partial charge is 0.449 e. The average molecular weight is 366 g/mol. The first-order chi connectivity index (χ1) is 12.9. The first-order valence-corrected chi connectivity index (χ1v) is 8.93. The van der Waals surface area contributed by atoms with Gasteiger partial charge in [-0.15, -0.1) is 0 Å². The van der Waals surface area contributed by atoms with Crippen molar-refractivity contribution in [3.63, 3.8) is 0 Å². The maximum Gasteiger partial charge on any atom is 0.338 e. The molecule has 0 bridgehead atoms. The maximum atomic E-state index is 12.3. The number of nitrogens with zero attached hydrogens (tertiary/aromatic N) is 1.